The first-order valence-electron chi connectivity index (χ1n) is 7.14. The van der Waals surface area contributed by atoms with Crippen LogP contribution in [0.25, 0.3) is 0 Å². The van der Waals surface area contributed by atoms with Crippen molar-refractivity contribution in [3.05, 3.63) is 39.2 Å². The van der Waals surface area contributed by atoms with Gasteiger partial charge in [-0.05, 0) is 58.4 Å². The van der Waals surface area contributed by atoms with E-state index in [2.05, 4.69) is 26.0 Å². The van der Waals surface area contributed by atoms with Gasteiger partial charge in [-0.15, -0.1) is 11.3 Å². The lowest BCUT2D eigenvalue weighted by Gasteiger charge is -2.16. The minimum Gasteiger partial charge on any atom is -0.446 e. The fourth-order valence-corrected chi connectivity index (χ4v) is 5.15. The maximum Gasteiger partial charge on any atom is 0.411 e. The summed E-state index contributed by atoms with van der Waals surface area (Å²) in [7, 11) is -3.64. The van der Waals surface area contributed by atoms with Gasteiger partial charge in [0, 0.05) is 10.9 Å². The summed E-state index contributed by atoms with van der Waals surface area (Å²) in [4.78, 5) is 11.7. The minimum atomic E-state index is -3.64. The predicted octanol–water partition coefficient (Wildman–Crippen LogP) is 4.11. The van der Waals surface area contributed by atoms with Crippen molar-refractivity contribution in [2.45, 2.75) is 30.6 Å². The van der Waals surface area contributed by atoms with E-state index in [0.717, 1.165) is 16.9 Å². The Morgan fingerprint density at radius 3 is 2.88 bits per heavy atom. The summed E-state index contributed by atoms with van der Waals surface area (Å²) in [5.41, 5.74) is 2.57. The number of carbonyl (C=O) groups excluding carboxylic acids is 1. The smallest absolute Gasteiger partial charge is 0.411 e. The number of rotatable bonds is 3. The van der Waals surface area contributed by atoms with Crippen LogP contribution in [-0.2, 0) is 21.2 Å². The third kappa shape index (κ3) is 3.28. The van der Waals surface area contributed by atoms with Gasteiger partial charge in [-0.1, -0.05) is 6.07 Å². The van der Waals surface area contributed by atoms with Crippen LogP contribution in [0.15, 0.2) is 32.3 Å². The van der Waals surface area contributed by atoms with Crippen molar-refractivity contribution >= 4 is 54.8 Å². The van der Waals surface area contributed by atoms with E-state index in [9.17, 15) is 13.2 Å². The van der Waals surface area contributed by atoms with Crippen molar-refractivity contribution in [1.82, 2.24) is 0 Å². The average molecular weight is 431 g/mol. The number of fused-ring (bicyclic) bond motifs is 1. The highest BCUT2D eigenvalue weighted by Gasteiger charge is 2.25. The molecule has 1 atom stereocenters. The Labute approximate surface area is 152 Å². The van der Waals surface area contributed by atoms with E-state index in [1.54, 1.807) is 37.4 Å². The monoisotopic (exact) mass is 430 g/mol. The summed E-state index contributed by atoms with van der Waals surface area (Å²) in [6.07, 6.45) is -0.336. The van der Waals surface area contributed by atoms with Gasteiger partial charge < -0.3 is 4.74 Å². The van der Waals surface area contributed by atoms with Crippen LogP contribution in [0.2, 0.25) is 0 Å². The Bertz CT molecular complexity index is 895. The summed E-state index contributed by atoms with van der Waals surface area (Å²) < 4.78 is 33.6. The van der Waals surface area contributed by atoms with Gasteiger partial charge in [-0.3, -0.25) is 10.0 Å². The molecule has 0 aliphatic carbocycles. The summed E-state index contributed by atoms with van der Waals surface area (Å²) in [5.74, 6) is 0. The Morgan fingerprint density at radius 1 is 1.46 bits per heavy atom. The number of carbonyl (C=O) groups is 1. The number of amides is 1. The molecule has 1 amide bonds. The number of anilines is 2. The first-order valence-corrected chi connectivity index (χ1v) is 10.3. The number of ether oxygens (including phenoxy) is 1. The molecule has 1 aliphatic heterocycles. The molecule has 6 nitrogen and oxygen atoms in total. The Morgan fingerprint density at radius 2 is 2.21 bits per heavy atom. The fourth-order valence-electron chi connectivity index (χ4n) is 2.48. The largest absolute Gasteiger partial charge is 0.446 e. The molecule has 24 heavy (non-hydrogen) atoms. The van der Waals surface area contributed by atoms with Crippen molar-refractivity contribution < 1.29 is 17.9 Å². The number of halogens is 1. The minimum absolute atomic E-state index is 0.248. The van der Waals surface area contributed by atoms with E-state index in [0.29, 0.717) is 27.8 Å². The van der Waals surface area contributed by atoms with E-state index < -0.39 is 16.1 Å². The van der Waals surface area contributed by atoms with Crippen LogP contribution in [0.4, 0.5) is 16.2 Å². The van der Waals surface area contributed by atoms with Crippen LogP contribution in [0.5, 0.6) is 0 Å². The summed E-state index contributed by atoms with van der Waals surface area (Å²) in [6, 6.07) is 4.98. The zero-order valence-electron chi connectivity index (χ0n) is 12.9. The SMILES string of the molecule is Cc1c(NS(=O)(=O)c2cccs2)cc2c(c1Br)NC(=O)OC(C)C2. The molecule has 0 bridgehead atoms. The molecule has 2 N–H and O–H groups in total. The van der Waals surface area contributed by atoms with E-state index in [4.69, 9.17) is 4.74 Å². The highest BCUT2D eigenvalue weighted by atomic mass is 79.9. The molecule has 2 aromatic rings. The summed E-state index contributed by atoms with van der Waals surface area (Å²) >= 11 is 4.61. The van der Waals surface area contributed by atoms with E-state index in [-0.39, 0.29) is 10.3 Å². The second-order valence-electron chi connectivity index (χ2n) is 5.48. The maximum atomic E-state index is 12.5. The van der Waals surface area contributed by atoms with E-state index in [1.165, 1.54) is 0 Å². The molecule has 9 heteroatoms. The van der Waals surface area contributed by atoms with E-state index >= 15 is 0 Å². The molecular weight excluding hydrogens is 416 g/mol. The fraction of sp³-hybridized carbons (Fsp3) is 0.267. The molecule has 1 unspecified atom stereocenters. The van der Waals surface area contributed by atoms with Crippen LogP contribution in [0.3, 0.4) is 0 Å². The lowest BCUT2D eigenvalue weighted by Crippen LogP contribution is -2.17. The van der Waals surface area contributed by atoms with Gasteiger partial charge in [0.1, 0.15) is 10.3 Å². The third-order valence-corrected chi connectivity index (χ3v) is 7.39. The zero-order chi connectivity index (χ0) is 17.5. The Hall–Kier alpha value is -1.58. The first-order chi connectivity index (χ1) is 11.3. The molecule has 1 aromatic carbocycles. The second kappa shape index (κ2) is 6.38. The van der Waals surface area contributed by atoms with Crippen LogP contribution in [0, 0.1) is 6.92 Å². The molecular formula is C15H15BrN2O4S2. The summed E-state index contributed by atoms with van der Waals surface area (Å²) in [5, 5.41) is 4.41. The van der Waals surface area contributed by atoms with Crippen molar-refractivity contribution in [2.24, 2.45) is 0 Å². The molecule has 0 fully saturated rings. The van der Waals surface area contributed by atoms with Crippen molar-refractivity contribution in [2.75, 3.05) is 10.0 Å². The van der Waals surface area contributed by atoms with Crippen molar-refractivity contribution in [3.63, 3.8) is 0 Å². The molecule has 1 aliphatic rings. The number of nitrogens with one attached hydrogen (secondary N) is 2. The van der Waals surface area contributed by atoms with Gasteiger partial charge in [-0.2, -0.15) is 0 Å². The lowest BCUT2D eigenvalue weighted by atomic mass is 10.0. The summed E-state index contributed by atoms with van der Waals surface area (Å²) in [6.45, 7) is 3.57. The normalized spacial score (nSPS) is 17.5. The van der Waals surface area contributed by atoms with Gasteiger partial charge in [-0.25, -0.2) is 13.2 Å². The molecule has 0 saturated carbocycles. The molecule has 0 radical (unpaired) electrons. The van der Waals surface area contributed by atoms with Crippen molar-refractivity contribution in [3.8, 4) is 0 Å². The quantitative estimate of drug-likeness (QED) is 0.766. The highest BCUT2D eigenvalue weighted by Crippen LogP contribution is 2.38. The van der Waals surface area contributed by atoms with Crippen molar-refractivity contribution in [1.29, 1.82) is 0 Å². The number of thiophene rings is 1. The number of hydrogen-bond acceptors (Lipinski definition) is 5. The number of sulfonamides is 1. The molecule has 1 aromatic heterocycles. The van der Waals surface area contributed by atoms with Crippen LogP contribution < -0.4 is 10.0 Å². The van der Waals surface area contributed by atoms with Gasteiger partial charge in [0.25, 0.3) is 10.0 Å². The Balaban J connectivity index is 2.05. The van der Waals surface area contributed by atoms with Gasteiger partial charge >= 0.3 is 6.09 Å². The second-order valence-corrected chi connectivity index (χ2v) is 9.13. The topological polar surface area (TPSA) is 84.5 Å². The van der Waals surface area contributed by atoms with Crippen LogP contribution in [0.1, 0.15) is 18.1 Å². The number of benzene rings is 1. The molecule has 2 heterocycles. The molecule has 3 rings (SSSR count). The van der Waals surface area contributed by atoms with E-state index in [1.807, 2.05) is 0 Å². The third-order valence-electron chi connectivity index (χ3n) is 3.64. The standard InChI is InChI=1S/C15H15BrN2O4S2/c1-8-6-10-7-11(18-24(20,21)12-4-3-5-23-12)9(2)13(16)14(10)17-15(19)22-8/h3-5,7-8,18H,6H2,1-2H3,(H,17,19). The van der Waals surface area contributed by atoms with Crippen LogP contribution in [-0.4, -0.2) is 20.6 Å². The zero-order valence-corrected chi connectivity index (χ0v) is 16.1. The lowest BCUT2D eigenvalue weighted by molar-refractivity contribution is 0.123. The average Bonchev–Trinajstić information content (AvgIpc) is 2.99. The number of hydrogen-bond donors (Lipinski definition) is 2. The number of cyclic esters (lactones) is 1. The molecule has 0 saturated heterocycles. The highest BCUT2D eigenvalue weighted by molar-refractivity contribution is 9.10. The molecule has 128 valence electrons. The van der Waals surface area contributed by atoms with Gasteiger partial charge in [0.2, 0.25) is 0 Å². The maximum absolute atomic E-state index is 12.5. The van der Waals surface area contributed by atoms with Gasteiger partial charge in [0.15, 0.2) is 0 Å². The van der Waals surface area contributed by atoms with Crippen LogP contribution >= 0.6 is 27.3 Å². The first kappa shape index (κ1) is 17.2. The predicted molar refractivity (Wildman–Crippen MR) is 97.3 cm³/mol. The Kier molecular flexibility index (Phi) is 4.58. The molecule has 0 spiro atoms. The van der Waals surface area contributed by atoms with Gasteiger partial charge in [0.05, 0.1) is 11.4 Å².